The number of rotatable bonds is 24. The van der Waals surface area contributed by atoms with Crippen molar-refractivity contribution >= 4 is 23.6 Å². The molecule has 0 aromatic carbocycles. The number of ether oxygens (including phenoxy) is 3. The van der Waals surface area contributed by atoms with E-state index in [1.54, 1.807) is 13.8 Å². The first-order chi connectivity index (χ1) is 27.4. The van der Waals surface area contributed by atoms with Gasteiger partial charge in [-0.15, -0.1) is 0 Å². The van der Waals surface area contributed by atoms with Crippen LogP contribution in [0.4, 0.5) is 0 Å². The molecule has 14 heteroatoms. The van der Waals surface area contributed by atoms with Gasteiger partial charge < -0.3 is 41.2 Å². The first-order valence-electron chi connectivity index (χ1n) is 17.2. The SMILES string of the molecule is CC#CC#CC#CC#CC#CCNOCCOCC(=O)NC(CCCCNC(=O)COCCOCCNC(=O)C#CC#CC#CC#CC#CC)C(=O)NCCN.[HH].[HH].[HH].[HH].[HH].[HH].[HH].[HH].[HH].[HH].[HH].[HH].[HH].[HH].[HH].[HH].[HH].[HH].[HH].[HH].[HH].[HH].[HH].[HH].[HH].[HH]. The summed E-state index contributed by atoms with van der Waals surface area (Å²) in [6.07, 6.45) is 1.43. The Hall–Kier alpha value is -6.76. The molecule has 0 spiro atoms. The molecule has 1 unspecified atom stereocenters. The molecule has 0 saturated carbocycles. The van der Waals surface area contributed by atoms with Crippen LogP contribution in [-0.2, 0) is 38.2 Å². The van der Waals surface area contributed by atoms with Crippen LogP contribution in [-0.4, -0.2) is 109 Å². The maximum absolute atomic E-state index is 12.6. The monoisotopic (exact) mass is 813 g/mol. The number of hydrogen-bond donors (Lipinski definition) is 6. The fourth-order valence-corrected chi connectivity index (χ4v) is 3.34. The third kappa shape index (κ3) is 35.6. The summed E-state index contributed by atoms with van der Waals surface area (Å²) < 4.78 is 16.0. The Morgan fingerprint density at radius 1 is 0.589 bits per heavy atom. The molecule has 0 saturated heterocycles. The molecule has 0 aliphatic rings. The van der Waals surface area contributed by atoms with E-state index in [1.165, 1.54) is 0 Å². The lowest BCUT2D eigenvalue weighted by Crippen LogP contribution is -2.48. The molecular formula is C42H96N6O8. The van der Waals surface area contributed by atoms with Gasteiger partial charge in [0, 0.05) is 69.2 Å². The fraction of sp³-hybridized carbons (Fsp3) is 0.429. The molecule has 14 nitrogen and oxygen atoms in total. The molecule has 0 radical (unpaired) electrons. The van der Waals surface area contributed by atoms with Gasteiger partial charge in [-0.05, 0) is 128 Å². The highest BCUT2D eigenvalue weighted by molar-refractivity contribution is 5.94. The predicted molar refractivity (Wildman–Crippen MR) is 264 cm³/mol. The molecule has 0 rings (SSSR count). The van der Waals surface area contributed by atoms with Crippen molar-refractivity contribution < 1.29 is 75.3 Å². The summed E-state index contributed by atoms with van der Waals surface area (Å²) in [5.74, 6) is 48.7. The quantitative estimate of drug-likeness (QED) is 0.0472. The maximum atomic E-state index is 12.6. The van der Waals surface area contributed by atoms with E-state index in [0.717, 1.165) is 0 Å². The third-order valence-electron chi connectivity index (χ3n) is 5.69. The van der Waals surface area contributed by atoms with Gasteiger partial charge >= 0.3 is 0 Å². The van der Waals surface area contributed by atoms with Crippen molar-refractivity contribution in [1.29, 1.82) is 0 Å². The summed E-state index contributed by atoms with van der Waals surface area (Å²) in [4.78, 5) is 53.9. The average molecular weight is 813 g/mol. The zero-order valence-corrected chi connectivity index (χ0v) is 31.5. The van der Waals surface area contributed by atoms with E-state index in [-0.39, 0.29) is 121 Å². The first kappa shape index (κ1) is 49.2. The first-order valence-corrected chi connectivity index (χ1v) is 17.2. The second-order valence-electron chi connectivity index (χ2n) is 9.99. The minimum atomic E-state index is -0.802. The topological polar surface area (TPSA) is 191 Å². The van der Waals surface area contributed by atoms with Gasteiger partial charge in [-0.3, -0.25) is 24.0 Å². The van der Waals surface area contributed by atoms with Crippen LogP contribution < -0.4 is 32.5 Å². The van der Waals surface area contributed by atoms with Gasteiger partial charge in [0.25, 0.3) is 5.91 Å². The summed E-state index contributed by atoms with van der Waals surface area (Å²) in [7, 11) is 0. The fourth-order valence-electron chi connectivity index (χ4n) is 3.34. The highest BCUT2D eigenvalue weighted by Gasteiger charge is 2.20. The Labute approximate surface area is 368 Å². The Kier molecular flexibility index (Phi) is 34.7. The minimum Gasteiger partial charge on any atom is -0.377 e. The minimum absolute atomic E-state index is 0. The van der Waals surface area contributed by atoms with Crippen LogP contribution in [0.2, 0.25) is 0 Å². The maximum Gasteiger partial charge on any atom is 0.296 e. The molecule has 56 heavy (non-hydrogen) atoms. The van der Waals surface area contributed by atoms with E-state index in [4.69, 9.17) is 24.8 Å². The summed E-state index contributed by atoms with van der Waals surface area (Å²) >= 11 is 0. The molecule has 7 N–H and O–H groups in total. The second-order valence-corrected chi connectivity index (χ2v) is 9.99. The van der Waals surface area contributed by atoms with Gasteiger partial charge in [-0.2, -0.15) is 5.48 Å². The molecule has 4 amide bonds. The summed E-state index contributed by atoms with van der Waals surface area (Å²) in [5.41, 5.74) is 8.11. The van der Waals surface area contributed by atoms with Crippen molar-refractivity contribution in [3.63, 3.8) is 0 Å². The molecule has 0 heterocycles. The molecule has 1 atom stereocenters. The van der Waals surface area contributed by atoms with E-state index in [0.29, 0.717) is 25.8 Å². The van der Waals surface area contributed by atoms with Gasteiger partial charge in [-0.25, -0.2) is 0 Å². The molecule has 0 aliphatic carbocycles. The number of carbonyl (C=O) groups excluding carboxylic acids is 4. The third-order valence-corrected chi connectivity index (χ3v) is 5.69. The molecule has 342 valence electrons. The summed E-state index contributed by atoms with van der Waals surface area (Å²) in [6.45, 7) is 5.11. The van der Waals surface area contributed by atoms with Crippen molar-refractivity contribution in [2.45, 2.75) is 39.2 Å². The zero-order chi connectivity index (χ0) is 41.0. The summed E-state index contributed by atoms with van der Waals surface area (Å²) in [6, 6.07) is -0.802. The van der Waals surface area contributed by atoms with Gasteiger partial charge in [0.05, 0.1) is 39.6 Å². The van der Waals surface area contributed by atoms with Crippen molar-refractivity contribution in [3.8, 4) is 118 Å². The molecule has 0 bridgehead atoms. The number of hydrogen-bond acceptors (Lipinski definition) is 10. The summed E-state index contributed by atoms with van der Waals surface area (Å²) in [5, 5.41) is 10.6. The van der Waals surface area contributed by atoms with Crippen LogP contribution in [0, 0.1) is 118 Å². The van der Waals surface area contributed by atoms with Crippen molar-refractivity contribution in [3.05, 3.63) is 0 Å². The Balaban J connectivity index is -0.0000000465. The Bertz CT molecular complexity index is 1990. The number of nitrogens with one attached hydrogen (secondary N) is 5. The zero-order valence-electron chi connectivity index (χ0n) is 31.5. The van der Waals surface area contributed by atoms with Crippen molar-refractivity contribution in [1.82, 2.24) is 26.7 Å². The lowest BCUT2D eigenvalue weighted by Gasteiger charge is -2.18. The van der Waals surface area contributed by atoms with E-state index in [9.17, 15) is 19.2 Å². The van der Waals surface area contributed by atoms with Gasteiger partial charge in [0.1, 0.15) is 19.3 Å². The number of nitrogens with two attached hydrogens (primary N) is 1. The van der Waals surface area contributed by atoms with E-state index in [1.807, 2.05) is 0 Å². The molecule has 0 aliphatic heterocycles. The number of amides is 4. The van der Waals surface area contributed by atoms with Gasteiger partial charge in [0.2, 0.25) is 17.7 Å². The van der Waals surface area contributed by atoms with E-state index >= 15 is 0 Å². The molecule has 0 fully saturated rings. The molecule has 0 aromatic rings. The second kappa shape index (κ2) is 39.4. The van der Waals surface area contributed by atoms with Crippen molar-refractivity contribution in [2.24, 2.45) is 5.73 Å². The lowest BCUT2D eigenvalue weighted by molar-refractivity contribution is -0.132. The highest BCUT2D eigenvalue weighted by Crippen LogP contribution is 2.02. The van der Waals surface area contributed by atoms with E-state index in [2.05, 4.69) is 145 Å². The highest BCUT2D eigenvalue weighted by atomic mass is 16.7. The number of carbonyl (C=O) groups is 4. The van der Waals surface area contributed by atoms with E-state index < -0.39 is 17.9 Å². The van der Waals surface area contributed by atoms with Crippen LogP contribution in [0.5, 0.6) is 0 Å². The normalized spacial score (nSPS) is 8.84. The Morgan fingerprint density at radius 3 is 1.80 bits per heavy atom. The van der Waals surface area contributed by atoms with Crippen LogP contribution in [0.15, 0.2) is 0 Å². The largest absolute Gasteiger partial charge is 0.377 e. The Morgan fingerprint density at radius 2 is 1.16 bits per heavy atom. The van der Waals surface area contributed by atoms with Crippen LogP contribution in [0.25, 0.3) is 0 Å². The van der Waals surface area contributed by atoms with Gasteiger partial charge in [0.15, 0.2) is 0 Å². The molecular weight excluding hydrogens is 716 g/mol. The smallest absolute Gasteiger partial charge is 0.296 e. The van der Waals surface area contributed by atoms with Crippen molar-refractivity contribution in [2.75, 3.05) is 79.0 Å². The van der Waals surface area contributed by atoms with Gasteiger partial charge in [-0.1, -0.05) is 17.8 Å². The van der Waals surface area contributed by atoms with Crippen LogP contribution in [0.1, 0.15) is 70.2 Å². The van der Waals surface area contributed by atoms with Crippen LogP contribution >= 0.6 is 0 Å². The average Bonchev–Trinajstić information content (AvgIpc) is 3.19. The molecule has 0 aromatic heterocycles. The lowest BCUT2D eigenvalue weighted by atomic mass is 10.1. The predicted octanol–water partition coefficient (Wildman–Crippen LogP) is 3.99. The number of unbranched alkanes of at least 4 members (excludes halogenated alkanes) is 1. The number of hydroxylamine groups is 1. The standard InChI is InChI=1S/C42H44N6O8.26H2/c1-3-5-7-9-11-13-15-17-19-22-28-47-56-35-34-55-37-41(51)48-38(42(52)46-29-26-43)24-21-23-27-44-40(50)36-54-33-32-53-31-30-45-39(49)25-20-18-16-14-12-10-8-6-4-2;;;;;;;;;;;;;;;;;;;;;;;;;;/h38,47H,21,23-24,26-37,43H2,1-2H3,(H,44,50)(H,45,49)(H,46,52)(H,48,51);26*1H. The van der Waals surface area contributed by atoms with Crippen LogP contribution in [0.3, 0.4) is 0 Å².